The predicted molar refractivity (Wildman–Crippen MR) is 75.4 cm³/mol. The van der Waals surface area contributed by atoms with Crippen LogP contribution in [0.4, 0.5) is 0 Å². The van der Waals surface area contributed by atoms with Gasteiger partial charge in [-0.2, -0.15) is 5.10 Å². The first-order valence-corrected chi connectivity index (χ1v) is 6.40. The van der Waals surface area contributed by atoms with Crippen LogP contribution in [0.5, 0.6) is 0 Å². The highest BCUT2D eigenvalue weighted by Gasteiger charge is 2.10. The van der Waals surface area contributed by atoms with E-state index in [9.17, 15) is 0 Å². The van der Waals surface area contributed by atoms with Gasteiger partial charge in [-0.3, -0.25) is 4.68 Å². The summed E-state index contributed by atoms with van der Waals surface area (Å²) in [5, 5.41) is 7.80. The summed E-state index contributed by atoms with van der Waals surface area (Å²) in [6, 6.07) is 9.01. The van der Waals surface area contributed by atoms with E-state index in [1.165, 1.54) is 22.4 Å². The summed E-state index contributed by atoms with van der Waals surface area (Å²) in [6.07, 6.45) is 1.95. The van der Waals surface area contributed by atoms with Gasteiger partial charge in [-0.05, 0) is 18.1 Å². The average molecular weight is 243 g/mol. The van der Waals surface area contributed by atoms with Gasteiger partial charge in [0.15, 0.2) is 0 Å². The third-order valence-corrected chi connectivity index (χ3v) is 3.24. The Morgan fingerprint density at radius 3 is 2.56 bits per heavy atom. The Hall–Kier alpha value is -1.61. The SMILES string of the molecule is Cc1c(-c2ccccc2CNC(C)C)cnn1C. The van der Waals surface area contributed by atoms with E-state index in [1.807, 2.05) is 17.9 Å². The molecule has 0 saturated carbocycles. The molecule has 3 heteroatoms. The molecule has 0 saturated heterocycles. The van der Waals surface area contributed by atoms with E-state index in [0.717, 1.165) is 6.54 Å². The lowest BCUT2D eigenvalue weighted by atomic mass is 10.0. The van der Waals surface area contributed by atoms with E-state index < -0.39 is 0 Å². The van der Waals surface area contributed by atoms with Crippen molar-refractivity contribution in [3.8, 4) is 11.1 Å². The van der Waals surface area contributed by atoms with Gasteiger partial charge in [0.1, 0.15) is 0 Å². The Kier molecular flexibility index (Phi) is 3.82. The lowest BCUT2D eigenvalue weighted by Gasteiger charge is -2.12. The fraction of sp³-hybridized carbons (Fsp3) is 0.400. The van der Waals surface area contributed by atoms with Crippen LogP contribution in [-0.4, -0.2) is 15.8 Å². The molecule has 0 aliphatic rings. The van der Waals surface area contributed by atoms with Crippen LogP contribution in [0.3, 0.4) is 0 Å². The Balaban J connectivity index is 2.35. The van der Waals surface area contributed by atoms with Crippen molar-refractivity contribution in [3.63, 3.8) is 0 Å². The third kappa shape index (κ3) is 2.62. The van der Waals surface area contributed by atoms with Crippen molar-refractivity contribution in [2.75, 3.05) is 0 Å². The van der Waals surface area contributed by atoms with Crippen LogP contribution in [-0.2, 0) is 13.6 Å². The first-order valence-electron chi connectivity index (χ1n) is 6.40. The van der Waals surface area contributed by atoms with Crippen molar-refractivity contribution in [2.45, 2.75) is 33.4 Å². The molecule has 0 aliphatic carbocycles. The van der Waals surface area contributed by atoms with E-state index >= 15 is 0 Å². The van der Waals surface area contributed by atoms with Crippen molar-refractivity contribution < 1.29 is 0 Å². The molecule has 96 valence electrons. The van der Waals surface area contributed by atoms with Crippen LogP contribution in [0.2, 0.25) is 0 Å². The molecular weight excluding hydrogens is 222 g/mol. The van der Waals surface area contributed by atoms with Crippen LogP contribution in [0.25, 0.3) is 11.1 Å². The average Bonchev–Trinajstić information content (AvgIpc) is 2.68. The van der Waals surface area contributed by atoms with Crippen LogP contribution < -0.4 is 5.32 Å². The zero-order valence-electron chi connectivity index (χ0n) is 11.6. The maximum absolute atomic E-state index is 4.33. The van der Waals surface area contributed by atoms with Crippen LogP contribution >= 0.6 is 0 Å². The van der Waals surface area contributed by atoms with E-state index in [4.69, 9.17) is 0 Å². The standard InChI is InChI=1S/C15H21N3/c1-11(2)16-9-13-7-5-6-8-14(13)15-10-17-18(4)12(15)3/h5-8,10-11,16H,9H2,1-4H3. The second kappa shape index (κ2) is 5.36. The molecule has 0 spiro atoms. The molecular formula is C15H21N3. The van der Waals surface area contributed by atoms with Crippen molar-refractivity contribution in [1.82, 2.24) is 15.1 Å². The number of aryl methyl sites for hydroxylation is 1. The fourth-order valence-electron chi connectivity index (χ4n) is 2.01. The van der Waals surface area contributed by atoms with Crippen molar-refractivity contribution in [2.24, 2.45) is 7.05 Å². The van der Waals surface area contributed by atoms with Crippen molar-refractivity contribution >= 4 is 0 Å². The molecule has 18 heavy (non-hydrogen) atoms. The van der Waals surface area contributed by atoms with Crippen molar-refractivity contribution in [1.29, 1.82) is 0 Å². The Bertz CT molecular complexity index is 526. The number of benzene rings is 1. The van der Waals surface area contributed by atoms with Gasteiger partial charge in [0.05, 0.1) is 6.20 Å². The fourth-order valence-corrected chi connectivity index (χ4v) is 2.01. The minimum atomic E-state index is 0.494. The zero-order valence-corrected chi connectivity index (χ0v) is 11.6. The quantitative estimate of drug-likeness (QED) is 0.895. The number of hydrogen-bond donors (Lipinski definition) is 1. The molecule has 0 unspecified atom stereocenters. The Labute approximate surface area is 109 Å². The molecule has 3 nitrogen and oxygen atoms in total. The lowest BCUT2D eigenvalue weighted by Crippen LogP contribution is -2.22. The van der Waals surface area contributed by atoms with E-state index in [1.54, 1.807) is 0 Å². The molecule has 2 rings (SSSR count). The molecule has 1 N–H and O–H groups in total. The van der Waals surface area contributed by atoms with E-state index in [-0.39, 0.29) is 0 Å². The number of rotatable bonds is 4. The summed E-state index contributed by atoms with van der Waals surface area (Å²) in [4.78, 5) is 0. The topological polar surface area (TPSA) is 29.9 Å². The van der Waals surface area contributed by atoms with Gasteiger partial charge in [-0.1, -0.05) is 38.1 Å². The number of hydrogen-bond acceptors (Lipinski definition) is 2. The van der Waals surface area contributed by atoms with Gasteiger partial charge >= 0.3 is 0 Å². The normalized spacial score (nSPS) is 11.2. The molecule has 0 aliphatic heterocycles. The molecule has 1 aromatic heterocycles. The summed E-state index contributed by atoms with van der Waals surface area (Å²) in [7, 11) is 1.98. The second-order valence-corrected chi connectivity index (χ2v) is 4.96. The van der Waals surface area contributed by atoms with Gasteiger partial charge in [0.2, 0.25) is 0 Å². The van der Waals surface area contributed by atoms with Gasteiger partial charge in [-0.25, -0.2) is 0 Å². The number of nitrogens with zero attached hydrogens (tertiary/aromatic N) is 2. The Morgan fingerprint density at radius 1 is 1.22 bits per heavy atom. The maximum atomic E-state index is 4.33. The molecule has 0 amide bonds. The minimum absolute atomic E-state index is 0.494. The van der Waals surface area contributed by atoms with Crippen LogP contribution in [0.15, 0.2) is 30.5 Å². The monoisotopic (exact) mass is 243 g/mol. The summed E-state index contributed by atoms with van der Waals surface area (Å²) < 4.78 is 1.92. The summed E-state index contributed by atoms with van der Waals surface area (Å²) in [5.74, 6) is 0. The first kappa shape index (κ1) is 12.8. The van der Waals surface area contributed by atoms with E-state index in [0.29, 0.717) is 6.04 Å². The molecule has 1 heterocycles. The molecule has 0 atom stereocenters. The number of aromatic nitrogens is 2. The first-order chi connectivity index (χ1) is 8.59. The maximum Gasteiger partial charge on any atom is 0.0571 e. The smallest absolute Gasteiger partial charge is 0.0571 e. The summed E-state index contributed by atoms with van der Waals surface area (Å²) in [6.45, 7) is 7.33. The van der Waals surface area contributed by atoms with Gasteiger partial charge in [0, 0.05) is 30.9 Å². The second-order valence-electron chi connectivity index (χ2n) is 4.96. The minimum Gasteiger partial charge on any atom is -0.310 e. The van der Waals surface area contributed by atoms with Crippen LogP contribution in [0.1, 0.15) is 25.1 Å². The molecule has 1 aromatic carbocycles. The highest BCUT2D eigenvalue weighted by Crippen LogP contribution is 2.26. The van der Waals surface area contributed by atoms with E-state index in [2.05, 4.69) is 55.5 Å². The largest absolute Gasteiger partial charge is 0.310 e. The lowest BCUT2D eigenvalue weighted by molar-refractivity contribution is 0.589. The third-order valence-electron chi connectivity index (χ3n) is 3.24. The molecule has 0 bridgehead atoms. The van der Waals surface area contributed by atoms with Crippen LogP contribution in [0, 0.1) is 6.92 Å². The van der Waals surface area contributed by atoms with Crippen molar-refractivity contribution in [3.05, 3.63) is 41.7 Å². The summed E-state index contributed by atoms with van der Waals surface area (Å²) in [5.41, 5.74) is 5.02. The van der Waals surface area contributed by atoms with Gasteiger partial charge in [-0.15, -0.1) is 0 Å². The zero-order chi connectivity index (χ0) is 13.1. The number of nitrogens with one attached hydrogen (secondary N) is 1. The highest BCUT2D eigenvalue weighted by molar-refractivity contribution is 5.68. The molecule has 2 aromatic rings. The summed E-state index contributed by atoms with van der Waals surface area (Å²) >= 11 is 0. The van der Waals surface area contributed by atoms with Gasteiger partial charge < -0.3 is 5.32 Å². The van der Waals surface area contributed by atoms with Gasteiger partial charge in [0.25, 0.3) is 0 Å². The molecule has 0 fully saturated rings. The predicted octanol–water partition coefficient (Wildman–Crippen LogP) is 2.89. The molecule has 0 radical (unpaired) electrons. The highest BCUT2D eigenvalue weighted by atomic mass is 15.3. The Morgan fingerprint density at radius 2 is 1.94 bits per heavy atom.